The molecule has 0 radical (unpaired) electrons. The number of rotatable bonds is 0. The molecule has 3 aliphatic carbocycles. The van der Waals surface area contributed by atoms with Crippen molar-refractivity contribution in [1.82, 2.24) is 4.90 Å². The van der Waals surface area contributed by atoms with E-state index in [0.717, 1.165) is 12.8 Å². The van der Waals surface area contributed by atoms with Crippen LogP contribution < -0.4 is 0 Å². The van der Waals surface area contributed by atoms with Crippen LogP contribution in [0.5, 0.6) is 0 Å². The van der Waals surface area contributed by atoms with Gasteiger partial charge in [0.15, 0.2) is 0 Å². The quantitative estimate of drug-likeness (QED) is 0.210. The van der Waals surface area contributed by atoms with E-state index < -0.39 is 0 Å². The van der Waals surface area contributed by atoms with Crippen molar-refractivity contribution in [3.63, 3.8) is 0 Å². The molecule has 1 fully saturated rings. The first kappa shape index (κ1) is 16.1. The zero-order valence-corrected chi connectivity index (χ0v) is 19.9. The van der Waals surface area contributed by atoms with Gasteiger partial charge < -0.3 is 4.90 Å². The number of likely N-dealkylation sites (tertiary alicyclic amines) is 1. The van der Waals surface area contributed by atoms with Crippen LogP contribution in [0.1, 0.15) is 45.2 Å². The monoisotopic (exact) mass is 453 g/mol. The maximum absolute atomic E-state index is 2.68. The number of hydrogen-bond donors (Lipinski definition) is 0. The van der Waals surface area contributed by atoms with Crippen LogP contribution in [0.3, 0.4) is 0 Å². The first-order valence-electron chi connectivity index (χ1n) is 13.7. The summed E-state index contributed by atoms with van der Waals surface area (Å²) < 4.78 is 0. The summed E-state index contributed by atoms with van der Waals surface area (Å²) in [5, 5.41) is 25.5. The van der Waals surface area contributed by atoms with Crippen molar-refractivity contribution in [2.24, 2.45) is 0 Å². The Hall–Kier alpha value is -3.68. The van der Waals surface area contributed by atoms with Gasteiger partial charge in [0, 0.05) is 24.9 Å². The Morgan fingerprint density at radius 3 is 1.33 bits per heavy atom. The molecule has 13 rings (SSSR count). The standard InChI is InChI=1S/C35H19N/c1-36-10-20-18-8-16-6-14-4-12-2-3-13-5-15-7-17-9-19(21(20)11-36)29-28(18)32-26(16)24(14)30-22(12)23(13)31-25(15)27(17)33(29)35(32)34(30)31/h2-5,8-9,20-21H,6-7,10-11H2,1H3. The lowest BCUT2D eigenvalue weighted by Gasteiger charge is -2.28. The lowest BCUT2D eigenvalue weighted by molar-refractivity contribution is 0.408. The van der Waals surface area contributed by atoms with Crippen molar-refractivity contribution in [3.05, 3.63) is 69.8 Å². The molecule has 9 aromatic rings. The van der Waals surface area contributed by atoms with Gasteiger partial charge in [0.05, 0.1) is 0 Å². The molecule has 1 heterocycles. The predicted molar refractivity (Wildman–Crippen MR) is 151 cm³/mol. The molecule has 0 N–H and O–H groups in total. The average Bonchev–Trinajstić information content (AvgIpc) is 3.66. The van der Waals surface area contributed by atoms with Gasteiger partial charge in [0.2, 0.25) is 0 Å². The van der Waals surface area contributed by atoms with Crippen molar-refractivity contribution in [2.75, 3.05) is 20.1 Å². The molecular formula is C35H19N. The Bertz CT molecular complexity index is 2370. The SMILES string of the molecule is CN1CC2c3cc4c5c6c(cc7ccc8cc9c%10c%11c(cc(c%12c3c5c(c%12%11)c3c6c7c8c%103)C2C1)C9)C4. The summed E-state index contributed by atoms with van der Waals surface area (Å²) in [6, 6.07) is 15.3. The molecule has 0 bridgehead atoms. The fraction of sp³-hybridized carbons (Fsp3) is 0.200. The summed E-state index contributed by atoms with van der Waals surface area (Å²) in [6.07, 6.45) is 2.21. The van der Waals surface area contributed by atoms with E-state index in [-0.39, 0.29) is 0 Å². The lowest BCUT2D eigenvalue weighted by atomic mass is 9.75. The van der Waals surface area contributed by atoms with Crippen molar-refractivity contribution < 1.29 is 0 Å². The van der Waals surface area contributed by atoms with E-state index in [4.69, 9.17) is 0 Å². The number of benzene rings is 7. The van der Waals surface area contributed by atoms with E-state index in [0.29, 0.717) is 11.8 Å². The van der Waals surface area contributed by atoms with E-state index in [2.05, 4.69) is 48.3 Å². The van der Waals surface area contributed by atoms with Gasteiger partial charge in [-0.05, 0) is 139 Å². The van der Waals surface area contributed by atoms with E-state index in [1.54, 1.807) is 109 Å². The van der Waals surface area contributed by atoms with Crippen LogP contribution in [0, 0.1) is 0 Å². The van der Waals surface area contributed by atoms with Gasteiger partial charge in [-0.3, -0.25) is 0 Å². The van der Waals surface area contributed by atoms with Crippen molar-refractivity contribution >= 4 is 86.2 Å². The molecule has 1 nitrogen and oxygen atoms in total. The highest BCUT2D eigenvalue weighted by Gasteiger charge is 2.44. The lowest BCUT2D eigenvalue weighted by Crippen LogP contribution is -2.14. The van der Waals surface area contributed by atoms with Gasteiger partial charge in [0.1, 0.15) is 0 Å². The third-order valence-electron chi connectivity index (χ3n) is 11.5. The summed E-state index contributed by atoms with van der Waals surface area (Å²) in [7, 11) is 2.34. The van der Waals surface area contributed by atoms with Crippen molar-refractivity contribution in [1.29, 1.82) is 0 Å². The Balaban J connectivity index is 1.53. The van der Waals surface area contributed by atoms with Gasteiger partial charge in [-0.1, -0.05) is 36.4 Å². The summed E-state index contributed by atoms with van der Waals surface area (Å²) in [6.45, 7) is 2.39. The molecule has 0 aromatic heterocycles. The minimum Gasteiger partial charge on any atom is -0.305 e. The summed E-state index contributed by atoms with van der Waals surface area (Å²) in [4.78, 5) is 2.59. The molecule has 1 heteroatoms. The molecule has 4 aliphatic rings. The molecular weight excluding hydrogens is 434 g/mol. The summed E-state index contributed by atoms with van der Waals surface area (Å²) >= 11 is 0. The van der Waals surface area contributed by atoms with Gasteiger partial charge in [-0.15, -0.1) is 0 Å². The van der Waals surface area contributed by atoms with Crippen molar-refractivity contribution in [2.45, 2.75) is 24.7 Å². The van der Waals surface area contributed by atoms with Gasteiger partial charge in [0.25, 0.3) is 0 Å². The van der Waals surface area contributed by atoms with Crippen LogP contribution in [-0.2, 0) is 12.8 Å². The minimum absolute atomic E-state index is 0.634. The largest absolute Gasteiger partial charge is 0.305 e. The molecule has 1 saturated heterocycles. The number of likely N-dealkylation sites (N-methyl/N-ethyl adjacent to an activating group) is 1. The highest BCUT2D eigenvalue weighted by atomic mass is 15.1. The molecule has 0 spiro atoms. The van der Waals surface area contributed by atoms with E-state index >= 15 is 0 Å². The highest BCUT2D eigenvalue weighted by Crippen LogP contribution is 2.65. The average molecular weight is 454 g/mol. The third kappa shape index (κ3) is 1.23. The summed E-state index contributed by atoms with van der Waals surface area (Å²) in [5.74, 6) is 1.27. The van der Waals surface area contributed by atoms with Crippen LogP contribution in [0.2, 0.25) is 0 Å². The molecule has 9 aromatic carbocycles. The second kappa shape index (κ2) is 4.35. The smallest absolute Gasteiger partial charge is 0.00541 e. The Morgan fingerprint density at radius 1 is 0.472 bits per heavy atom. The zero-order valence-electron chi connectivity index (χ0n) is 19.9. The fourth-order valence-electron chi connectivity index (χ4n) is 10.6. The van der Waals surface area contributed by atoms with Crippen LogP contribution >= 0.6 is 0 Å². The second-order valence-electron chi connectivity index (χ2n) is 12.9. The topological polar surface area (TPSA) is 3.24 Å². The number of hydrogen-bond acceptors (Lipinski definition) is 1. The molecule has 36 heavy (non-hydrogen) atoms. The molecule has 1 aliphatic heterocycles. The molecule has 0 saturated carbocycles. The normalized spacial score (nSPS) is 22.6. The van der Waals surface area contributed by atoms with Gasteiger partial charge in [-0.2, -0.15) is 0 Å². The second-order valence-corrected chi connectivity index (χ2v) is 12.9. The van der Waals surface area contributed by atoms with Crippen LogP contribution in [0.15, 0.2) is 36.4 Å². The zero-order chi connectivity index (χ0) is 22.5. The summed E-state index contributed by atoms with van der Waals surface area (Å²) in [5.41, 5.74) is 9.71. The Labute approximate surface area is 205 Å². The minimum atomic E-state index is 0.634. The fourth-order valence-corrected chi connectivity index (χ4v) is 10.6. The molecule has 164 valence electrons. The van der Waals surface area contributed by atoms with E-state index in [1.165, 1.54) is 23.9 Å². The number of nitrogens with zero attached hydrogens (tertiary/aromatic N) is 1. The first-order chi connectivity index (χ1) is 17.8. The first-order valence-corrected chi connectivity index (χ1v) is 13.7. The third-order valence-corrected chi connectivity index (χ3v) is 11.5. The number of fused-ring (bicyclic) bond motifs is 3. The van der Waals surface area contributed by atoms with Crippen LogP contribution in [0.25, 0.3) is 86.2 Å². The van der Waals surface area contributed by atoms with E-state index in [1.807, 2.05) is 0 Å². The Kier molecular flexibility index (Phi) is 1.95. The van der Waals surface area contributed by atoms with E-state index in [9.17, 15) is 0 Å². The van der Waals surface area contributed by atoms with Gasteiger partial charge in [-0.25, -0.2) is 0 Å². The maximum Gasteiger partial charge on any atom is 0.00541 e. The van der Waals surface area contributed by atoms with Crippen LogP contribution in [-0.4, -0.2) is 25.0 Å². The molecule has 0 amide bonds. The van der Waals surface area contributed by atoms with Gasteiger partial charge >= 0.3 is 0 Å². The van der Waals surface area contributed by atoms with Crippen LogP contribution in [0.4, 0.5) is 0 Å². The maximum atomic E-state index is 2.68. The highest BCUT2D eigenvalue weighted by molar-refractivity contribution is 6.58. The predicted octanol–water partition coefficient (Wildman–Crippen LogP) is 8.04. The molecule has 2 unspecified atom stereocenters. The molecule has 2 atom stereocenters. The Morgan fingerprint density at radius 2 is 0.861 bits per heavy atom. The van der Waals surface area contributed by atoms with Crippen molar-refractivity contribution in [3.8, 4) is 0 Å².